The van der Waals surface area contributed by atoms with Gasteiger partial charge in [0, 0.05) is 18.9 Å². The number of fused-ring (bicyclic) bond motifs is 1. The Morgan fingerprint density at radius 2 is 1.82 bits per heavy atom. The van der Waals surface area contributed by atoms with Crippen LogP contribution in [0.5, 0.6) is 0 Å². The monoisotopic (exact) mass is 293 g/mol. The SMILES string of the molecule is Cc1cccnc1C(CN(C)C)n1ccc2cccc(C)c21. The molecule has 0 amide bonds. The van der Waals surface area contributed by atoms with Crippen LogP contribution >= 0.6 is 0 Å². The molecule has 0 bridgehead atoms. The molecule has 0 aliphatic rings. The smallest absolute Gasteiger partial charge is 0.0886 e. The van der Waals surface area contributed by atoms with Gasteiger partial charge in [-0.15, -0.1) is 0 Å². The first-order valence-corrected chi connectivity index (χ1v) is 7.70. The molecule has 3 aromatic rings. The summed E-state index contributed by atoms with van der Waals surface area (Å²) < 4.78 is 2.38. The van der Waals surface area contributed by atoms with Crippen LogP contribution in [0.3, 0.4) is 0 Å². The van der Waals surface area contributed by atoms with Crippen molar-refractivity contribution in [2.75, 3.05) is 20.6 Å². The number of pyridine rings is 1. The lowest BCUT2D eigenvalue weighted by molar-refractivity contribution is 0.350. The van der Waals surface area contributed by atoms with Crippen LogP contribution in [0.2, 0.25) is 0 Å². The fourth-order valence-electron chi connectivity index (χ4n) is 3.16. The third-order valence-electron chi connectivity index (χ3n) is 4.18. The molecule has 0 radical (unpaired) electrons. The second-order valence-electron chi connectivity index (χ2n) is 6.22. The quantitative estimate of drug-likeness (QED) is 0.729. The summed E-state index contributed by atoms with van der Waals surface area (Å²) in [4.78, 5) is 6.90. The first-order chi connectivity index (χ1) is 10.6. The van der Waals surface area contributed by atoms with Crippen molar-refractivity contribution in [1.29, 1.82) is 0 Å². The van der Waals surface area contributed by atoms with Crippen molar-refractivity contribution in [1.82, 2.24) is 14.5 Å². The van der Waals surface area contributed by atoms with Crippen LogP contribution in [0.25, 0.3) is 10.9 Å². The van der Waals surface area contributed by atoms with Gasteiger partial charge in [0.25, 0.3) is 0 Å². The van der Waals surface area contributed by atoms with Crippen LogP contribution < -0.4 is 0 Å². The molecule has 3 nitrogen and oxygen atoms in total. The van der Waals surface area contributed by atoms with Crippen LogP contribution in [0.4, 0.5) is 0 Å². The van der Waals surface area contributed by atoms with Crippen molar-refractivity contribution in [2.45, 2.75) is 19.9 Å². The van der Waals surface area contributed by atoms with Crippen LogP contribution in [0.15, 0.2) is 48.8 Å². The van der Waals surface area contributed by atoms with Gasteiger partial charge in [0.15, 0.2) is 0 Å². The minimum absolute atomic E-state index is 0.217. The molecule has 0 fully saturated rings. The van der Waals surface area contributed by atoms with E-state index in [1.807, 2.05) is 12.3 Å². The van der Waals surface area contributed by atoms with Crippen molar-refractivity contribution in [3.63, 3.8) is 0 Å². The van der Waals surface area contributed by atoms with Crippen LogP contribution in [0.1, 0.15) is 22.9 Å². The highest BCUT2D eigenvalue weighted by Crippen LogP contribution is 2.28. The van der Waals surface area contributed by atoms with Gasteiger partial charge in [0.1, 0.15) is 0 Å². The Balaban J connectivity index is 2.19. The Bertz CT molecular complexity index is 786. The molecule has 0 saturated carbocycles. The largest absolute Gasteiger partial charge is 0.337 e. The predicted octanol–water partition coefficient (Wildman–Crippen LogP) is 3.80. The molecule has 3 rings (SSSR count). The van der Waals surface area contributed by atoms with E-state index < -0.39 is 0 Å². The van der Waals surface area contributed by atoms with Crippen molar-refractivity contribution in [2.24, 2.45) is 0 Å². The van der Waals surface area contributed by atoms with Crippen molar-refractivity contribution < 1.29 is 0 Å². The van der Waals surface area contributed by atoms with E-state index in [4.69, 9.17) is 0 Å². The minimum atomic E-state index is 0.217. The van der Waals surface area contributed by atoms with Crippen LogP contribution in [-0.2, 0) is 0 Å². The molecule has 1 unspecified atom stereocenters. The molecule has 114 valence electrons. The maximum atomic E-state index is 4.68. The van der Waals surface area contributed by atoms with Gasteiger partial charge >= 0.3 is 0 Å². The number of aromatic nitrogens is 2. The number of para-hydroxylation sites is 1. The molecule has 22 heavy (non-hydrogen) atoms. The molecular formula is C19H23N3. The average molecular weight is 293 g/mol. The lowest BCUT2D eigenvalue weighted by atomic mass is 10.1. The van der Waals surface area contributed by atoms with E-state index in [0.29, 0.717) is 0 Å². The number of nitrogens with zero attached hydrogens (tertiary/aromatic N) is 3. The summed E-state index contributed by atoms with van der Waals surface area (Å²) in [7, 11) is 4.23. The van der Waals surface area contributed by atoms with Gasteiger partial charge in [-0.25, -0.2) is 0 Å². The molecule has 0 saturated heterocycles. The Morgan fingerprint density at radius 1 is 1.05 bits per heavy atom. The summed E-state index contributed by atoms with van der Waals surface area (Å²) in [5, 5.41) is 1.29. The van der Waals surface area contributed by atoms with Gasteiger partial charge in [-0.1, -0.05) is 24.3 Å². The Kier molecular flexibility index (Phi) is 3.99. The summed E-state index contributed by atoms with van der Waals surface area (Å²) >= 11 is 0. The zero-order valence-corrected chi connectivity index (χ0v) is 13.7. The van der Waals surface area contributed by atoms with Crippen LogP contribution in [-0.4, -0.2) is 35.1 Å². The minimum Gasteiger partial charge on any atom is -0.337 e. The predicted molar refractivity (Wildman–Crippen MR) is 92.3 cm³/mol. The maximum absolute atomic E-state index is 4.68. The molecule has 1 atom stereocenters. The number of hydrogen-bond donors (Lipinski definition) is 0. The summed E-state index contributed by atoms with van der Waals surface area (Å²) in [5.74, 6) is 0. The van der Waals surface area contributed by atoms with E-state index in [1.54, 1.807) is 0 Å². The van der Waals surface area contributed by atoms with Gasteiger partial charge in [-0.3, -0.25) is 4.98 Å². The zero-order chi connectivity index (χ0) is 15.7. The second-order valence-corrected chi connectivity index (χ2v) is 6.22. The Hall–Kier alpha value is -2.13. The molecule has 0 spiro atoms. The van der Waals surface area contributed by atoms with Gasteiger partial charge in [-0.2, -0.15) is 0 Å². The number of rotatable bonds is 4. The third-order valence-corrected chi connectivity index (χ3v) is 4.18. The topological polar surface area (TPSA) is 21.1 Å². The average Bonchev–Trinajstić information content (AvgIpc) is 2.91. The lowest BCUT2D eigenvalue weighted by Gasteiger charge is -2.25. The van der Waals surface area contributed by atoms with Gasteiger partial charge in [-0.05, 0) is 56.6 Å². The van der Waals surface area contributed by atoms with E-state index in [1.165, 1.54) is 22.0 Å². The zero-order valence-electron chi connectivity index (χ0n) is 13.7. The Morgan fingerprint density at radius 3 is 2.55 bits per heavy atom. The summed E-state index contributed by atoms with van der Waals surface area (Å²) in [5.41, 5.74) is 5.00. The normalized spacial score (nSPS) is 13.0. The van der Waals surface area contributed by atoms with E-state index in [2.05, 4.69) is 78.9 Å². The second kappa shape index (κ2) is 5.93. The molecule has 0 aliphatic carbocycles. The highest BCUT2D eigenvalue weighted by molar-refractivity contribution is 5.83. The van der Waals surface area contributed by atoms with Crippen molar-refractivity contribution >= 4 is 10.9 Å². The van der Waals surface area contributed by atoms with Gasteiger partial charge in [0.05, 0.1) is 17.3 Å². The van der Waals surface area contributed by atoms with Crippen LogP contribution in [0, 0.1) is 13.8 Å². The number of aryl methyl sites for hydroxylation is 2. The standard InChI is InChI=1S/C19H23N3/c1-14-8-6-11-20-18(14)17(13-21(3)4)22-12-10-16-9-5-7-15(2)19(16)22/h5-12,17H,13H2,1-4H3. The third kappa shape index (κ3) is 2.64. The molecular weight excluding hydrogens is 270 g/mol. The fourth-order valence-corrected chi connectivity index (χ4v) is 3.16. The lowest BCUT2D eigenvalue weighted by Crippen LogP contribution is -2.26. The molecule has 3 heteroatoms. The van der Waals surface area contributed by atoms with E-state index in [-0.39, 0.29) is 6.04 Å². The fraction of sp³-hybridized carbons (Fsp3) is 0.316. The summed E-state index contributed by atoms with van der Waals surface area (Å²) in [6.07, 6.45) is 4.09. The summed E-state index contributed by atoms with van der Waals surface area (Å²) in [6.45, 7) is 5.25. The molecule has 2 heterocycles. The first-order valence-electron chi connectivity index (χ1n) is 7.70. The molecule has 1 aromatic carbocycles. The number of benzene rings is 1. The first kappa shape index (κ1) is 14.8. The number of likely N-dealkylation sites (N-methyl/N-ethyl adjacent to an activating group) is 1. The van der Waals surface area contributed by atoms with Crippen molar-refractivity contribution in [3.05, 3.63) is 65.6 Å². The molecule has 2 aromatic heterocycles. The van der Waals surface area contributed by atoms with E-state index in [0.717, 1.165) is 12.2 Å². The highest BCUT2D eigenvalue weighted by Gasteiger charge is 2.20. The molecule has 0 N–H and O–H groups in total. The molecule has 0 aliphatic heterocycles. The van der Waals surface area contributed by atoms with E-state index in [9.17, 15) is 0 Å². The number of hydrogen-bond acceptors (Lipinski definition) is 2. The summed E-state index contributed by atoms with van der Waals surface area (Å²) in [6, 6.07) is 13.0. The van der Waals surface area contributed by atoms with Gasteiger partial charge < -0.3 is 9.47 Å². The van der Waals surface area contributed by atoms with Crippen molar-refractivity contribution in [3.8, 4) is 0 Å². The maximum Gasteiger partial charge on any atom is 0.0886 e. The Labute approximate surface area is 132 Å². The van der Waals surface area contributed by atoms with E-state index >= 15 is 0 Å². The highest BCUT2D eigenvalue weighted by atomic mass is 15.1. The van der Waals surface area contributed by atoms with Gasteiger partial charge in [0.2, 0.25) is 0 Å².